The summed E-state index contributed by atoms with van der Waals surface area (Å²) in [7, 11) is 1.33. The Labute approximate surface area is 109 Å². The van der Waals surface area contributed by atoms with Gasteiger partial charge in [0.15, 0.2) is 0 Å². The molecule has 0 unspecified atom stereocenters. The van der Waals surface area contributed by atoms with Crippen molar-refractivity contribution in [2.75, 3.05) is 7.11 Å². The van der Waals surface area contributed by atoms with Gasteiger partial charge in [0.05, 0.1) is 30.1 Å². The van der Waals surface area contributed by atoms with E-state index in [2.05, 4.69) is 10.1 Å². The molecule has 1 fully saturated rings. The minimum atomic E-state index is -0.696. The van der Waals surface area contributed by atoms with E-state index in [0.29, 0.717) is 17.7 Å². The number of rotatable bonds is 3. The number of hydrogen-bond donors (Lipinski definition) is 2. The molecule has 2 N–H and O–H groups in total. The number of carbonyl (C=O) groups excluding carboxylic acids is 2. The highest BCUT2D eigenvalue weighted by atomic mass is 32.1. The molecule has 0 radical (unpaired) electrons. The summed E-state index contributed by atoms with van der Waals surface area (Å²) in [6.07, 6.45) is 0.0607. The van der Waals surface area contributed by atoms with E-state index in [9.17, 15) is 14.7 Å². The van der Waals surface area contributed by atoms with Crippen LogP contribution in [-0.2, 0) is 9.53 Å². The summed E-state index contributed by atoms with van der Waals surface area (Å²) in [6.45, 7) is 0. The third kappa shape index (κ3) is 2.70. The molecule has 1 heterocycles. The lowest BCUT2D eigenvalue weighted by Gasteiger charge is -2.15. The lowest BCUT2D eigenvalue weighted by molar-refractivity contribution is -0.145. The van der Waals surface area contributed by atoms with Gasteiger partial charge in [0.2, 0.25) is 0 Å². The van der Waals surface area contributed by atoms with Gasteiger partial charge in [0.1, 0.15) is 0 Å². The van der Waals surface area contributed by atoms with Gasteiger partial charge in [-0.3, -0.25) is 9.59 Å². The summed E-state index contributed by atoms with van der Waals surface area (Å²) in [4.78, 5) is 23.8. The van der Waals surface area contributed by atoms with Crippen LogP contribution in [0.5, 0.6) is 0 Å². The molecule has 1 aromatic rings. The Morgan fingerprint density at radius 1 is 1.50 bits per heavy atom. The Kier molecular flexibility index (Phi) is 3.98. The number of aliphatic hydroxyl groups excluding tert-OH is 1. The number of methoxy groups -OCH3 is 1. The first-order valence-corrected chi connectivity index (χ1v) is 6.60. The van der Waals surface area contributed by atoms with Crippen LogP contribution in [0.3, 0.4) is 0 Å². The number of nitrogens with one attached hydrogen (secondary N) is 1. The van der Waals surface area contributed by atoms with E-state index in [4.69, 9.17) is 0 Å². The summed E-state index contributed by atoms with van der Waals surface area (Å²) in [5.74, 6) is -0.875. The van der Waals surface area contributed by atoms with Crippen molar-refractivity contribution in [3.05, 3.63) is 22.4 Å². The van der Waals surface area contributed by atoms with Gasteiger partial charge in [0, 0.05) is 0 Å². The quantitative estimate of drug-likeness (QED) is 0.796. The molecule has 1 aromatic heterocycles. The highest BCUT2D eigenvalue weighted by Gasteiger charge is 2.38. The van der Waals surface area contributed by atoms with Crippen LogP contribution in [0.2, 0.25) is 0 Å². The van der Waals surface area contributed by atoms with Gasteiger partial charge in [-0.05, 0) is 24.3 Å². The van der Waals surface area contributed by atoms with Crippen LogP contribution < -0.4 is 5.32 Å². The van der Waals surface area contributed by atoms with Crippen molar-refractivity contribution >= 4 is 23.2 Å². The van der Waals surface area contributed by atoms with Crippen molar-refractivity contribution in [1.82, 2.24) is 5.32 Å². The Bertz CT molecular complexity index is 431. The molecule has 6 heteroatoms. The van der Waals surface area contributed by atoms with E-state index in [1.54, 1.807) is 12.1 Å². The smallest absolute Gasteiger partial charge is 0.308 e. The molecule has 0 aliphatic heterocycles. The maximum absolute atomic E-state index is 11.8. The lowest BCUT2D eigenvalue weighted by Crippen LogP contribution is -2.39. The van der Waals surface area contributed by atoms with Crippen LogP contribution in [0.25, 0.3) is 0 Å². The summed E-state index contributed by atoms with van der Waals surface area (Å²) in [6, 6.07) is 3.13. The SMILES string of the molecule is COC(=O)[C@@H]1C[C@H](NC(=O)c2cccs2)[C@@H](O)C1. The van der Waals surface area contributed by atoms with Gasteiger partial charge >= 0.3 is 5.97 Å². The Morgan fingerprint density at radius 3 is 2.89 bits per heavy atom. The molecule has 1 aliphatic rings. The topological polar surface area (TPSA) is 75.6 Å². The molecule has 1 amide bonds. The highest BCUT2D eigenvalue weighted by molar-refractivity contribution is 7.12. The predicted molar refractivity (Wildman–Crippen MR) is 66.3 cm³/mol. The van der Waals surface area contributed by atoms with Crippen molar-refractivity contribution in [1.29, 1.82) is 0 Å². The van der Waals surface area contributed by atoms with Crippen LogP contribution in [0.1, 0.15) is 22.5 Å². The fraction of sp³-hybridized carbons (Fsp3) is 0.500. The molecule has 0 saturated heterocycles. The maximum Gasteiger partial charge on any atom is 0.308 e. The molecule has 0 bridgehead atoms. The third-order valence-electron chi connectivity index (χ3n) is 3.12. The van der Waals surface area contributed by atoms with Gasteiger partial charge in [0.25, 0.3) is 5.91 Å². The Morgan fingerprint density at radius 2 is 2.28 bits per heavy atom. The summed E-state index contributed by atoms with van der Waals surface area (Å²) >= 11 is 1.34. The van der Waals surface area contributed by atoms with Gasteiger partial charge in [-0.15, -0.1) is 11.3 Å². The summed E-state index contributed by atoms with van der Waals surface area (Å²) in [5, 5.41) is 14.4. The van der Waals surface area contributed by atoms with E-state index in [0.717, 1.165) is 0 Å². The predicted octanol–water partition coefficient (Wildman–Crippen LogP) is 0.790. The van der Waals surface area contributed by atoms with E-state index < -0.39 is 6.10 Å². The number of thiophene rings is 1. The van der Waals surface area contributed by atoms with Gasteiger partial charge < -0.3 is 15.2 Å². The van der Waals surface area contributed by atoms with Crippen LogP contribution in [0.4, 0.5) is 0 Å². The Hall–Kier alpha value is -1.40. The fourth-order valence-electron chi connectivity index (χ4n) is 2.18. The molecule has 1 saturated carbocycles. The molecule has 0 aromatic carbocycles. The number of carbonyl (C=O) groups is 2. The lowest BCUT2D eigenvalue weighted by atomic mass is 10.1. The molecular formula is C12H15NO4S. The number of hydrogen-bond acceptors (Lipinski definition) is 5. The van der Waals surface area contributed by atoms with Gasteiger partial charge in [-0.25, -0.2) is 0 Å². The standard InChI is InChI=1S/C12H15NO4S/c1-17-12(16)7-5-8(9(14)6-7)13-11(15)10-3-2-4-18-10/h2-4,7-9,14H,5-6H2,1H3,(H,13,15)/t7-,8+,9+/m1/s1. The van der Waals surface area contributed by atoms with Crippen molar-refractivity contribution < 1.29 is 19.4 Å². The first kappa shape index (κ1) is 13.0. The Balaban J connectivity index is 1.94. The normalized spacial score (nSPS) is 26.9. The van der Waals surface area contributed by atoms with Crippen LogP contribution in [0, 0.1) is 5.92 Å². The summed E-state index contributed by atoms with van der Waals surface area (Å²) in [5.41, 5.74) is 0. The average Bonchev–Trinajstić information content (AvgIpc) is 2.99. The molecule has 1 aliphatic carbocycles. The third-order valence-corrected chi connectivity index (χ3v) is 3.99. The fourth-order valence-corrected chi connectivity index (χ4v) is 2.80. The van der Waals surface area contributed by atoms with Crippen molar-refractivity contribution in [2.45, 2.75) is 25.0 Å². The van der Waals surface area contributed by atoms with E-state index in [-0.39, 0.29) is 23.8 Å². The molecule has 5 nitrogen and oxygen atoms in total. The number of amides is 1. The first-order chi connectivity index (χ1) is 8.61. The van der Waals surface area contributed by atoms with Crippen LogP contribution in [-0.4, -0.2) is 36.2 Å². The van der Waals surface area contributed by atoms with E-state index in [1.807, 2.05) is 5.38 Å². The minimum absolute atomic E-state index is 0.209. The number of esters is 1. The van der Waals surface area contributed by atoms with Crippen molar-refractivity contribution in [3.63, 3.8) is 0 Å². The largest absolute Gasteiger partial charge is 0.469 e. The molecule has 2 rings (SSSR count). The second-order valence-corrected chi connectivity index (χ2v) is 5.26. The summed E-state index contributed by atoms with van der Waals surface area (Å²) < 4.78 is 4.65. The van der Waals surface area contributed by atoms with Crippen LogP contribution >= 0.6 is 11.3 Å². The minimum Gasteiger partial charge on any atom is -0.469 e. The first-order valence-electron chi connectivity index (χ1n) is 5.72. The molecular weight excluding hydrogens is 254 g/mol. The number of aliphatic hydroxyl groups is 1. The second-order valence-electron chi connectivity index (χ2n) is 4.32. The highest BCUT2D eigenvalue weighted by Crippen LogP contribution is 2.27. The molecule has 3 atom stereocenters. The zero-order chi connectivity index (χ0) is 13.1. The monoisotopic (exact) mass is 269 g/mol. The average molecular weight is 269 g/mol. The van der Waals surface area contributed by atoms with E-state index >= 15 is 0 Å². The zero-order valence-corrected chi connectivity index (χ0v) is 10.8. The second kappa shape index (κ2) is 5.49. The van der Waals surface area contributed by atoms with Gasteiger partial charge in [-0.1, -0.05) is 6.07 Å². The molecule has 0 spiro atoms. The maximum atomic E-state index is 11.8. The van der Waals surface area contributed by atoms with Crippen molar-refractivity contribution in [3.8, 4) is 0 Å². The van der Waals surface area contributed by atoms with Crippen LogP contribution in [0.15, 0.2) is 17.5 Å². The van der Waals surface area contributed by atoms with E-state index in [1.165, 1.54) is 18.4 Å². The molecule has 18 heavy (non-hydrogen) atoms. The van der Waals surface area contributed by atoms with Gasteiger partial charge in [-0.2, -0.15) is 0 Å². The van der Waals surface area contributed by atoms with Crippen molar-refractivity contribution in [2.24, 2.45) is 5.92 Å². The zero-order valence-electron chi connectivity index (χ0n) is 9.96. The molecule has 98 valence electrons. The number of ether oxygens (including phenoxy) is 1.